The molecule has 0 radical (unpaired) electrons. The van der Waals surface area contributed by atoms with Gasteiger partial charge >= 0.3 is 0 Å². The molecule has 3 nitrogen and oxygen atoms in total. The van der Waals surface area contributed by atoms with Crippen LogP contribution in [0.3, 0.4) is 0 Å². The summed E-state index contributed by atoms with van der Waals surface area (Å²) in [7, 11) is 4.46. The molecule has 1 aliphatic rings. The number of hydrogen-bond acceptors (Lipinski definition) is 0. The summed E-state index contributed by atoms with van der Waals surface area (Å²) in [6, 6.07) is 0. The first-order valence-corrected chi connectivity index (χ1v) is 4.73. The largest absolute Gasteiger partial charge is 0.337 e. The van der Waals surface area contributed by atoms with Crippen LogP contribution in [0, 0.1) is 0 Å². The van der Waals surface area contributed by atoms with Gasteiger partial charge in [-0.25, -0.2) is 0 Å². The van der Waals surface area contributed by atoms with E-state index in [4.69, 9.17) is 0 Å². The second kappa shape index (κ2) is 4.70. The zero-order valence-corrected chi connectivity index (χ0v) is 7.82. The van der Waals surface area contributed by atoms with Crippen LogP contribution in [0.25, 0.3) is 0 Å². The van der Waals surface area contributed by atoms with Crippen LogP contribution in [0.1, 0.15) is 0 Å². The molecule has 0 amide bonds. The van der Waals surface area contributed by atoms with Crippen molar-refractivity contribution in [1.82, 2.24) is 0 Å². The molecule has 1 fully saturated rings. The van der Waals surface area contributed by atoms with E-state index in [0.29, 0.717) is 0 Å². The molecular formula is C8H22N3+3. The molecule has 11 heavy (non-hydrogen) atoms. The first kappa shape index (κ1) is 8.97. The van der Waals surface area contributed by atoms with Gasteiger partial charge in [-0.1, -0.05) is 0 Å². The highest BCUT2D eigenvalue weighted by Crippen LogP contribution is 1.52. The van der Waals surface area contributed by atoms with Gasteiger partial charge in [-0.2, -0.15) is 0 Å². The Morgan fingerprint density at radius 2 is 1.91 bits per heavy atom. The molecule has 0 unspecified atom stereocenters. The average molecular weight is 160 g/mol. The van der Waals surface area contributed by atoms with E-state index in [2.05, 4.69) is 19.4 Å². The van der Waals surface area contributed by atoms with Crippen LogP contribution in [0.5, 0.6) is 0 Å². The quantitative estimate of drug-likeness (QED) is 0.372. The van der Waals surface area contributed by atoms with E-state index in [1.54, 1.807) is 9.80 Å². The zero-order chi connectivity index (χ0) is 8.10. The molecule has 1 rings (SSSR count). The molecular weight excluding hydrogens is 138 g/mol. The van der Waals surface area contributed by atoms with Crippen LogP contribution < -0.4 is 15.1 Å². The summed E-state index contributed by atoms with van der Waals surface area (Å²) in [6.07, 6.45) is 0. The van der Waals surface area contributed by atoms with Crippen LogP contribution in [-0.2, 0) is 0 Å². The molecule has 66 valence electrons. The Bertz CT molecular complexity index is 97.5. The molecule has 0 aromatic heterocycles. The Balaban J connectivity index is 2.05. The molecule has 1 saturated heterocycles. The lowest BCUT2D eigenvalue weighted by Crippen LogP contribution is -3.23. The van der Waals surface area contributed by atoms with Gasteiger partial charge in [0.15, 0.2) is 0 Å². The van der Waals surface area contributed by atoms with Gasteiger partial charge in [-0.15, -0.1) is 0 Å². The second-order valence-corrected chi connectivity index (χ2v) is 3.82. The predicted molar refractivity (Wildman–Crippen MR) is 44.9 cm³/mol. The summed E-state index contributed by atoms with van der Waals surface area (Å²) >= 11 is 0. The summed E-state index contributed by atoms with van der Waals surface area (Å²) in [5.41, 5.74) is 0. The fourth-order valence-corrected chi connectivity index (χ4v) is 1.56. The third-order valence-electron chi connectivity index (χ3n) is 2.38. The highest BCUT2D eigenvalue weighted by Gasteiger charge is 2.15. The minimum atomic E-state index is 1.31. The Morgan fingerprint density at radius 1 is 1.27 bits per heavy atom. The topological polar surface area (TPSA) is 25.5 Å². The molecule has 0 aromatic carbocycles. The molecule has 1 aliphatic heterocycles. The predicted octanol–water partition coefficient (Wildman–Crippen LogP) is -4.41. The molecule has 0 bridgehead atoms. The normalized spacial score (nSPS) is 21.0. The fraction of sp³-hybridized carbons (Fsp3) is 1.00. The van der Waals surface area contributed by atoms with Gasteiger partial charge in [0, 0.05) is 0 Å². The highest BCUT2D eigenvalue weighted by atomic mass is 15.2. The van der Waals surface area contributed by atoms with E-state index >= 15 is 0 Å². The molecule has 3 heteroatoms. The Kier molecular flexibility index (Phi) is 3.83. The van der Waals surface area contributed by atoms with Crippen molar-refractivity contribution in [3.8, 4) is 0 Å². The molecule has 0 aliphatic carbocycles. The number of nitrogens with two attached hydrogens (primary N) is 1. The van der Waals surface area contributed by atoms with Gasteiger partial charge in [-0.05, 0) is 0 Å². The average Bonchev–Trinajstić information content (AvgIpc) is 2.03. The van der Waals surface area contributed by atoms with Crippen molar-refractivity contribution in [3.05, 3.63) is 0 Å². The highest BCUT2D eigenvalue weighted by molar-refractivity contribution is 4.33. The lowest BCUT2D eigenvalue weighted by Gasteiger charge is -2.22. The molecule has 1 heterocycles. The molecule has 4 N–H and O–H groups in total. The lowest BCUT2D eigenvalue weighted by molar-refractivity contribution is -0.971. The van der Waals surface area contributed by atoms with Crippen LogP contribution in [0.2, 0.25) is 0 Å². The van der Waals surface area contributed by atoms with Crippen molar-refractivity contribution in [2.24, 2.45) is 0 Å². The van der Waals surface area contributed by atoms with E-state index in [1.807, 2.05) is 0 Å². The smallest absolute Gasteiger partial charge is 0.127 e. The summed E-state index contributed by atoms with van der Waals surface area (Å²) in [4.78, 5) is 3.38. The Labute approximate surface area is 69.4 Å². The Hall–Kier alpha value is -0.120. The van der Waals surface area contributed by atoms with E-state index in [-0.39, 0.29) is 0 Å². The number of hydrogen-bond donors (Lipinski definition) is 3. The number of likely N-dealkylation sites (N-methyl/N-ethyl adjacent to an activating group) is 1. The van der Waals surface area contributed by atoms with Gasteiger partial charge in [0.1, 0.15) is 39.3 Å². The van der Waals surface area contributed by atoms with Gasteiger partial charge in [0.05, 0.1) is 14.1 Å². The lowest BCUT2D eigenvalue weighted by atomic mass is 10.3. The monoisotopic (exact) mass is 160 g/mol. The van der Waals surface area contributed by atoms with Crippen LogP contribution in [0.4, 0.5) is 0 Å². The first-order valence-electron chi connectivity index (χ1n) is 4.73. The van der Waals surface area contributed by atoms with Crippen LogP contribution in [0.15, 0.2) is 0 Å². The number of quaternary nitrogens is 3. The maximum Gasteiger partial charge on any atom is 0.127 e. The van der Waals surface area contributed by atoms with Crippen molar-refractivity contribution < 1.29 is 15.1 Å². The van der Waals surface area contributed by atoms with E-state index < -0.39 is 0 Å². The van der Waals surface area contributed by atoms with Gasteiger partial charge < -0.3 is 15.1 Å². The summed E-state index contributed by atoms with van der Waals surface area (Å²) < 4.78 is 0. The summed E-state index contributed by atoms with van der Waals surface area (Å²) in [5.74, 6) is 0. The molecule has 0 atom stereocenters. The minimum absolute atomic E-state index is 1.31. The number of rotatable bonds is 3. The van der Waals surface area contributed by atoms with E-state index in [0.717, 1.165) is 0 Å². The third kappa shape index (κ3) is 3.70. The number of nitrogens with one attached hydrogen (secondary N) is 2. The standard InChI is InChI=1S/C8H19N3/c1-10(2)7-8-11-5-3-9-4-6-11/h9H,3-8H2,1-2H3/p+3. The van der Waals surface area contributed by atoms with Crippen molar-refractivity contribution in [2.75, 3.05) is 53.4 Å². The van der Waals surface area contributed by atoms with Crippen molar-refractivity contribution in [1.29, 1.82) is 0 Å². The maximum atomic E-state index is 2.42. The van der Waals surface area contributed by atoms with Crippen molar-refractivity contribution in [3.63, 3.8) is 0 Å². The van der Waals surface area contributed by atoms with E-state index in [1.165, 1.54) is 39.3 Å². The third-order valence-corrected chi connectivity index (χ3v) is 2.38. The Morgan fingerprint density at radius 3 is 2.45 bits per heavy atom. The molecule has 0 saturated carbocycles. The zero-order valence-electron chi connectivity index (χ0n) is 7.82. The SMILES string of the molecule is C[NH+](C)CC[NH+]1CC[NH2+]CC1. The van der Waals surface area contributed by atoms with Gasteiger partial charge in [-0.3, -0.25) is 0 Å². The fourth-order valence-electron chi connectivity index (χ4n) is 1.56. The summed E-state index contributed by atoms with van der Waals surface area (Å²) in [5, 5.41) is 2.42. The van der Waals surface area contributed by atoms with E-state index in [9.17, 15) is 0 Å². The van der Waals surface area contributed by atoms with Gasteiger partial charge in [0.2, 0.25) is 0 Å². The molecule has 0 spiro atoms. The van der Waals surface area contributed by atoms with Crippen molar-refractivity contribution >= 4 is 0 Å². The van der Waals surface area contributed by atoms with Crippen LogP contribution >= 0.6 is 0 Å². The maximum absolute atomic E-state index is 2.42. The van der Waals surface area contributed by atoms with Crippen LogP contribution in [-0.4, -0.2) is 53.4 Å². The second-order valence-electron chi connectivity index (χ2n) is 3.82. The summed E-state index contributed by atoms with van der Waals surface area (Å²) in [6.45, 7) is 8.07. The minimum Gasteiger partial charge on any atom is -0.337 e. The van der Waals surface area contributed by atoms with Crippen molar-refractivity contribution in [2.45, 2.75) is 0 Å². The number of piperazine rings is 1. The van der Waals surface area contributed by atoms with Gasteiger partial charge in [0.25, 0.3) is 0 Å². The first-order chi connectivity index (χ1) is 5.29. The molecule has 0 aromatic rings.